The van der Waals surface area contributed by atoms with Crippen molar-refractivity contribution >= 4 is 27.4 Å². The maximum absolute atomic E-state index is 15.0. The molecule has 0 heterocycles. The van der Waals surface area contributed by atoms with E-state index in [9.17, 15) is 27.8 Å². The largest absolute Gasteiger partial charge is 0.393 e. The van der Waals surface area contributed by atoms with Crippen LogP contribution >= 0.6 is 11.6 Å². The predicted molar refractivity (Wildman–Crippen MR) is 172 cm³/mol. The Balaban J connectivity index is 1.44. The van der Waals surface area contributed by atoms with Gasteiger partial charge >= 0.3 is 0 Å². The molecule has 3 saturated carbocycles. The Morgan fingerprint density at radius 2 is 1.80 bits per heavy atom. The summed E-state index contributed by atoms with van der Waals surface area (Å²) in [4.78, 5) is 14.5. The van der Waals surface area contributed by atoms with Crippen molar-refractivity contribution in [2.24, 2.45) is 33.5 Å². The summed E-state index contributed by atoms with van der Waals surface area (Å²) in [6.45, 7) is 5.03. The summed E-state index contributed by atoms with van der Waals surface area (Å²) in [5.41, 5.74) is -2.60. The lowest BCUT2D eigenvalue weighted by atomic mass is 9.32. The smallest absolute Gasteiger partial charge is 0.211 e. The molecule has 3 fully saturated rings. The van der Waals surface area contributed by atoms with Gasteiger partial charge in [-0.2, -0.15) is 4.31 Å². The fourth-order valence-corrected chi connectivity index (χ4v) is 11.8. The van der Waals surface area contributed by atoms with E-state index in [1.165, 1.54) is 22.7 Å². The highest BCUT2D eigenvalue weighted by molar-refractivity contribution is 7.88. The molecule has 0 amide bonds. The zero-order chi connectivity index (χ0) is 32.6. The first-order valence-electron chi connectivity index (χ1n) is 16.3. The zero-order valence-electron chi connectivity index (χ0n) is 26.8. The Kier molecular flexibility index (Phi) is 8.31. The van der Waals surface area contributed by atoms with Crippen molar-refractivity contribution in [1.29, 1.82) is 0 Å². The normalized spacial score (nSPS) is 40.2. The van der Waals surface area contributed by atoms with Gasteiger partial charge in [-0.3, -0.25) is 4.79 Å². The van der Waals surface area contributed by atoms with Crippen LogP contribution in [-0.2, 0) is 26.0 Å². The van der Waals surface area contributed by atoms with Gasteiger partial charge in [0, 0.05) is 65.6 Å². The van der Waals surface area contributed by atoms with Crippen LogP contribution in [0.4, 0.5) is 4.39 Å². The molecule has 6 aliphatic rings. The highest BCUT2D eigenvalue weighted by atomic mass is 35.5. The number of ether oxygens (including phenoxy) is 1. The van der Waals surface area contributed by atoms with Gasteiger partial charge in [-0.1, -0.05) is 49.7 Å². The van der Waals surface area contributed by atoms with Gasteiger partial charge in [0.1, 0.15) is 5.82 Å². The third kappa shape index (κ3) is 4.85. The number of sulfonamides is 1. The van der Waals surface area contributed by atoms with Crippen LogP contribution in [0.1, 0.15) is 70.8 Å². The summed E-state index contributed by atoms with van der Waals surface area (Å²) >= 11 is 6.40. The number of Topliss-reactive ketones (excluding diaryl/α,β-unsaturated/α-hetero) is 1. The third-order valence-corrected chi connectivity index (χ3v) is 14.7. The average molecular weight is 664 g/mol. The van der Waals surface area contributed by atoms with Crippen molar-refractivity contribution in [3.63, 3.8) is 0 Å². The van der Waals surface area contributed by atoms with E-state index in [1.807, 2.05) is 0 Å². The Bertz CT molecular complexity index is 1530. The highest BCUT2D eigenvalue weighted by Gasteiger charge is 2.74. The van der Waals surface area contributed by atoms with E-state index in [1.54, 1.807) is 13.2 Å². The van der Waals surface area contributed by atoms with Gasteiger partial charge < -0.3 is 14.9 Å². The number of hydrogen-bond acceptors (Lipinski definition) is 6. The van der Waals surface area contributed by atoms with Gasteiger partial charge in [0.15, 0.2) is 5.78 Å². The molecule has 7 nitrogen and oxygen atoms in total. The molecule has 2 N–H and O–H groups in total. The van der Waals surface area contributed by atoms with E-state index in [2.05, 4.69) is 32.1 Å². The minimum Gasteiger partial charge on any atom is -0.393 e. The van der Waals surface area contributed by atoms with Crippen LogP contribution in [0.5, 0.6) is 0 Å². The summed E-state index contributed by atoms with van der Waals surface area (Å²) < 4.78 is 47.4. The van der Waals surface area contributed by atoms with Crippen LogP contribution in [0.15, 0.2) is 42.0 Å². The standard InChI is InChI=1S/C35H47ClFNO6S/c1-31-12-9-23(39)20-33(31)15-16-35(25(21-33)28(40)19-24-26(36)7-5-8-27(24)37)29(31)10-13-32(2)30(35)11-14-34(32,41)22-38(45(4,42)43)17-6-18-44-3/h5,7-8,15-16,21,23,29-30,39,41H,6,9-14,17-20,22H2,1-4H3. The molecule has 8 unspecified atom stereocenters. The summed E-state index contributed by atoms with van der Waals surface area (Å²) in [6, 6.07) is 4.44. The first kappa shape index (κ1) is 33.3. The SMILES string of the molecule is COCCCN(CC1(O)CCC2C34C=CC5(C=C3C(=O)Cc3c(F)cccc3Cl)CC(O)CCC5(C)C4CCC21C)S(C)(=O)=O. The Hall–Kier alpha value is -1.62. The number of rotatable bonds is 10. The maximum atomic E-state index is 15.0. The Labute approximate surface area is 271 Å². The number of methoxy groups -OCH3 is 1. The van der Waals surface area contributed by atoms with Crippen molar-refractivity contribution in [2.45, 2.75) is 83.3 Å². The fraction of sp³-hybridized carbons (Fsp3) is 0.686. The van der Waals surface area contributed by atoms with E-state index < -0.39 is 43.8 Å². The molecule has 0 saturated heterocycles. The quantitative estimate of drug-likeness (QED) is 0.254. The number of carbonyl (C=O) groups is 1. The number of nitrogens with zero attached hydrogens (tertiary/aromatic N) is 1. The minimum atomic E-state index is -3.60. The van der Waals surface area contributed by atoms with Crippen molar-refractivity contribution < 1.29 is 32.6 Å². The average Bonchev–Trinajstić information content (AvgIpc) is 3.24. The first-order valence-corrected chi connectivity index (χ1v) is 18.5. The molecule has 1 aromatic carbocycles. The van der Waals surface area contributed by atoms with E-state index in [-0.39, 0.29) is 53.1 Å². The molecule has 1 aromatic rings. The van der Waals surface area contributed by atoms with Crippen LogP contribution in [0.3, 0.4) is 0 Å². The summed E-state index contributed by atoms with van der Waals surface area (Å²) in [6.07, 6.45) is 12.1. The molecule has 248 valence electrons. The van der Waals surface area contributed by atoms with Crippen LogP contribution < -0.4 is 0 Å². The van der Waals surface area contributed by atoms with Crippen LogP contribution in [0.25, 0.3) is 0 Å². The summed E-state index contributed by atoms with van der Waals surface area (Å²) in [7, 11) is -2.03. The number of fused-ring (bicyclic) bond motifs is 1. The van der Waals surface area contributed by atoms with Gasteiger partial charge in [0.05, 0.1) is 18.0 Å². The number of halogens is 2. The molecule has 10 heteroatoms. The molecule has 0 radical (unpaired) electrons. The molecule has 2 spiro atoms. The second-order valence-corrected chi connectivity index (χ2v) is 17.4. The van der Waals surface area contributed by atoms with Gasteiger partial charge in [-0.05, 0) is 80.8 Å². The number of benzene rings is 1. The van der Waals surface area contributed by atoms with E-state index in [0.717, 1.165) is 12.8 Å². The van der Waals surface area contributed by atoms with Gasteiger partial charge in [0.2, 0.25) is 10.0 Å². The fourth-order valence-electron chi connectivity index (χ4n) is 10.7. The third-order valence-electron chi connectivity index (χ3n) is 13.1. The molecule has 8 atom stereocenters. The summed E-state index contributed by atoms with van der Waals surface area (Å²) in [5.74, 6) is -0.764. The molecule has 7 rings (SSSR count). The maximum Gasteiger partial charge on any atom is 0.211 e. The molecule has 0 aromatic heterocycles. The van der Waals surface area contributed by atoms with E-state index in [0.29, 0.717) is 50.7 Å². The molecule has 6 aliphatic carbocycles. The second kappa shape index (κ2) is 11.2. The lowest BCUT2D eigenvalue weighted by Gasteiger charge is -2.71. The second-order valence-electron chi connectivity index (χ2n) is 15.1. The van der Waals surface area contributed by atoms with Crippen molar-refractivity contribution in [3.05, 3.63) is 58.4 Å². The van der Waals surface area contributed by atoms with Gasteiger partial charge in [0.25, 0.3) is 0 Å². The number of ketones is 1. The molecule has 0 aliphatic heterocycles. The lowest BCUT2D eigenvalue weighted by molar-refractivity contribution is -0.176. The molecular formula is C35H47ClFNO6S. The monoisotopic (exact) mass is 663 g/mol. The highest BCUT2D eigenvalue weighted by Crippen LogP contribution is 2.78. The van der Waals surface area contributed by atoms with Crippen molar-refractivity contribution in [3.8, 4) is 0 Å². The number of aliphatic hydroxyl groups excluding tert-OH is 1. The van der Waals surface area contributed by atoms with Crippen molar-refractivity contribution in [1.82, 2.24) is 4.31 Å². The first-order chi connectivity index (χ1) is 21.1. The molecular weight excluding hydrogens is 617 g/mol. The number of carbonyl (C=O) groups excluding carboxylic acids is 1. The number of allylic oxidation sites excluding steroid dienone is 4. The minimum absolute atomic E-state index is 0.0156. The number of aliphatic hydroxyl groups is 2. The van der Waals surface area contributed by atoms with Gasteiger partial charge in [-0.25, -0.2) is 12.8 Å². The van der Waals surface area contributed by atoms with Crippen molar-refractivity contribution in [2.75, 3.05) is 33.1 Å². The van der Waals surface area contributed by atoms with E-state index >= 15 is 0 Å². The zero-order valence-corrected chi connectivity index (χ0v) is 28.4. The molecule has 45 heavy (non-hydrogen) atoms. The molecule has 2 bridgehead atoms. The van der Waals surface area contributed by atoms with Crippen LogP contribution in [0, 0.1) is 39.3 Å². The summed E-state index contributed by atoms with van der Waals surface area (Å²) in [5, 5.41) is 23.6. The topological polar surface area (TPSA) is 104 Å². The lowest BCUT2D eigenvalue weighted by Crippen LogP contribution is -2.67. The Morgan fingerprint density at radius 3 is 2.49 bits per heavy atom. The van der Waals surface area contributed by atoms with Crippen LogP contribution in [-0.4, -0.2) is 73.5 Å². The predicted octanol–water partition coefficient (Wildman–Crippen LogP) is 5.48. The Morgan fingerprint density at radius 1 is 1.11 bits per heavy atom. The number of hydrogen-bond donors (Lipinski definition) is 2. The van der Waals surface area contributed by atoms with Crippen LogP contribution in [0.2, 0.25) is 5.02 Å². The van der Waals surface area contributed by atoms with Gasteiger partial charge in [-0.15, -0.1) is 0 Å². The van der Waals surface area contributed by atoms with E-state index in [4.69, 9.17) is 16.3 Å².